The molecular formula is C14H19FN2O2. The SMILES string of the molecule is NC(=O)c1ccc(OCC2(N)CCCCC2)c(F)c1. The van der Waals surface area contributed by atoms with E-state index in [1.807, 2.05) is 0 Å². The third-order valence-electron chi connectivity index (χ3n) is 3.58. The minimum Gasteiger partial charge on any atom is -0.489 e. The zero-order valence-corrected chi connectivity index (χ0v) is 10.8. The average molecular weight is 266 g/mol. The molecule has 1 fully saturated rings. The van der Waals surface area contributed by atoms with Crippen molar-refractivity contribution in [3.63, 3.8) is 0 Å². The van der Waals surface area contributed by atoms with Crippen LogP contribution >= 0.6 is 0 Å². The molecule has 1 aromatic rings. The van der Waals surface area contributed by atoms with Gasteiger partial charge in [0.2, 0.25) is 5.91 Å². The van der Waals surface area contributed by atoms with Gasteiger partial charge in [0.05, 0.1) is 5.54 Å². The summed E-state index contributed by atoms with van der Waals surface area (Å²) in [5, 5.41) is 0. The van der Waals surface area contributed by atoms with Crippen LogP contribution in [0.15, 0.2) is 18.2 Å². The number of carbonyl (C=O) groups is 1. The Morgan fingerprint density at radius 3 is 2.58 bits per heavy atom. The average Bonchev–Trinajstić information content (AvgIpc) is 2.38. The normalized spacial score (nSPS) is 18.0. The van der Waals surface area contributed by atoms with Crippen molar-refractivity contribution < 1.29 is 13.9 Å². The number of benzene rings is 1. The van der Waals surface area contributed by atoms with Gasteiger partial charge in [-0.05, 0) is 31.0 Å². The number of nitrogens with two attached hydrogens (primary N) is 2. The summed E-state index contributed by atoms with van der Waals surface area (Å²) in [5.41, 5.74) is 11.1. The van der Waals surface area contributed by atoms with Gasteiger partial charge in [0.1, 0.15) is 6.61 Å². The Kier molecular flexibility index (Phi) is 4.04. The molecule has 0 aliphatic heterocycles. The van der Waals surface area contributed by atoms with Crippen molar-refractivity contribution in [1.82, 2.24) is 0 Å². The first-order chi connectivity index (χ1) is 9.00. The summed E-state index contributed by atoms with van der Waals surface area (Å²) >= 11 is 0. The molecule has 0 atom stereocenters. The number of rotatable bonds is 4. The molecule has 4 nitrogen and oxygen atoms in total. The molecule has 4 N–H and O–H groups in total. The van der Waals surface area contributed by atoms with Crippen molar-refractivity contribution in [1.29, 1.82) is 0 Å². The molecule has 19 heavy (non-hydrogen) atoms. The van der Waals surface area contributed by atoms with E-state index >= 15 is 0 Å². The van der Waals surface area contributed by atoms with E-state index in [4.69, 9.17) is 16.2 Å². The summed E-state index contributed by atoms with van der Waals surface area (Å²) < 4.78 is 19.2. The third-order valence-corrected chi connectivity index (χ3v) is 3.58. The second-order valence-electron chi connectivity index (χ2n) is 5.22. The highest BCUT2D eigenvalue weighted by molar-refractivity contribution is 5.92. The second-order valence-corrected chi connectivity index (χ2v) is 5.22. The number of halogens is 1. The molecule has 0 saturated heterocycles. The van der Waals surface area contributed by atoms with Crippen molar-refractivity contribution in [2.45, 2.75) is 37.6 Å². The smallest absolute Gasteiger partial charge is 0.248 e. The highest BCUT2D eigenvalue weighted by Gasteiger charge is 2.28. The number of carbonyl (C=O) groups excluding carboxylic acids is 1. The highest BCUT2D eigenvalue weighted by atomic mass is 19.1. The van der Waals surface area contributed by atoms with Gasteiger partial charge in [-0.3, -0.25) is 4.79 Å². The predicted molar refractivity (Wildman–Crippen MR) is 70.4 cm³/mol. The Morgan fingerprint density at radius 2 is 2.00 bits per heavy atom. The Hall–Kier alpha value is -1.62. The highest BCUT2D eigenvalue weighted by Crippen LogP contribution is 2.27. The maximum Gasteiger partial charge on any atom is 0.248 e. The minimum absolute atomic E-state index is 0.111. The topological polar surface area (TPSA) is 78.3 Å². The van der Waals surface area contributed by atoms with Crippen molar-refractivity contribution in [2.24, 2.45) is 11.5 Å². The molecule has 104 valence electrons. The molecule has 0 unspecified atom stereocenters. The predicted octanol–water partition coefficient (Wildman–Crippen LogP) is 1.96. The van der Waals surface area contributed by atoms with Crippen LogP contribution in [0.2, 0.25) is 0 Å². The summed E-state index contributed by atoms with van der Waals surface area (Å²) in [6.45, 7) is 0.292. The first-order valence-electron chi connectivity index (χ1n) is 6.51. The maximum atomic E-state index is 13.7. The van der Waals surface area contributed by atoms with Gasteiger partial charge in [-0.1, -0.05) is 19.3 Å². The molecule has 0 radical (unpaired) electrons. The van der Waals surface area contributed by atoms with Gasteiger partial charge in [-0.25, -0.2) is 4.39 Å². The lowest BCUT2D eigenvalue weighted by molar-refractivity contribution is 0.0999. The van der Waals surface area contributed by atoms with Crippen molar-refractivity contribution in [3.8, 4) is 5.75 Å². The van der Waals surface area contributed by atoms with Crippen LogP contribution in [-0.2, 0) is 0 Å². The fourth-order valence-corrected chi connectivity index (χ4v) is 2.39. The summed E-state index contributed by atoms with van der Waals surface area (Å²) in [6, 6.07) is 3.95. The van der Waals surface area contributed by atoms with Gasteiger partial charge in [0.15, 0.2) is 11.6 Å². The Balaban J connectivity index is 2.01. The summed E-state index contributed by atoms with van der Waals surface area (Å²) in [5.74, 6) is -1.14. The molecule has 5 heteroatoms. The van der Waals surface area contributed by atoms with Gasteiger partial charge < -0.3 is 16.2 Å². The van der Waals surface area contributed by atoms with Crippen LogP contribution in [0.1, 0.15) is 42.5 Å². The van der Waals surface area contributed by atoms with E-state index in [1.54, 1.807) is 0 Å². The van der Waals surface area contributed by atoms with E-state index < -0.39 is 11.7 Å². The summed E-state index contributed by atoms with van der Waals surface area (Å²) in [6.07, 6.45) is 5.16. The third kappa shape index (κ3) is 3.44. The van der Waals surface area contributed by atoms with Gasteiger partial charge in [-0.15, -0.1) is 0 Å². The molecule has 1 aliphatic carbocycles. The number of primary amides is 1. The molecule has 0 spiro atoms. The Bertz CT molecular complexity index is 471. The second kappa shape index (κ2) is 5.57. The van der Waals surface area contributed by atoms with Crippen LogP contribution < -0.4 is 16.2 Å². The van der Waals surface area contributed by atoms with Gasteiger partial charge in [0, 0.05) is 5.56 Å². The lowest BCUT2D eigenvalue weighted by Gasteiger charge is -2.33. The fourth-order valence-electron chi connectivity index (χ4n) is 2.39. The van der Waals surface area contributed by atoms with Gasteiger partial charge in [-0.2, -0.15) is 0 Å². The zero-order valence-electron chi connectivity index (χ0n) is 10.8. The quantitative estimate of drug-likeness (QED) is 0.874. The molecule has 1 saturated carbocycles. The number of hydrogen-bond acceptors (Lipinski definition) is 3. The molecule has 0 aromatic heterocycles. The first kappa shape index (κ1) is 13.8. The van der Waals surface area contributed by atoms with Crippen LogP contribution in [0.4, 0.5) is 4.39 Å². The number of ether oxygens (including phenoxy) is 1. The van der Waals surface area contributed by atoms with Crippen LogP contribution in [0.25, 0.3) is 0 Å². The van der Waals surface area contributed by atoms with E-state index in [1.165, 1.54) is 18.6 Å². The summed E-state index contributed by atoms with van der Waals surface area (Å²) in [4.78, 5) is 10.9. The lowest BCUT2D eigenvalue weighted by atomic mass is 9.83. The van der Waals surface area contributed by atoms with Gasteiger partial charge >= 0.3 is 0 Å². The molecule has 1 aromatic carbocycles. The molecule has 1 aliphatic rings. The Labute approximate surface area is 111 Å². The molecule has 2 rings (SSSR count). The van der Waals surface area contributed by atoms with Crippen molar-refractivity contribution in [2.75, 3.05) is 6.61 Å². The first-order valence-corrected chi connectivity index (χ1v) is 6.51. The summed E-state index contributed by atoms with van der Waals surface area (Å²) in [7, 11) is 0. The van der Waals surface area contributed by atoms with Crippen molar-refractivity contribution in [3.05, 3.63) is 29.6 Å². The lowest BCUT2D eigenvalue weighted by Crippen LogP contribution is -2.47. The van der Waals surface area contributed by atoms with Crippen molar-refractivity contribution >= 4 is 5.91 Å². The minimum atomic E-state index is -0.659. The Morgan fingerprint density at radius 1 is 1.32 bits per heavy atom. The molecule has 0 heterocycles. The van der Waals surface area contributed by atoms with E-state index in [9.17, 15) is 9.18 Å². The maximum absolute atomic E-state index is 13.7. The van der Waals surface area contributed by atoms with Crippen LogP contribution in [0, 0.1) is 5.82 Å². The van der Waals surface area contributed by atoms with E-state index in [0.29, 0.717) is 6.61 Å². The fraction of sp³-hybridized carbons (Fsp3) is 0.500. The largest absolute Gasteiger partial charge is 0.489 e. The number of hydrogen-bond donors (Lipinski definition) is 2. The molecule has 0 bridgehead atoms. The van der Waals surface area contributed by atoms with Crippen LogP contribution in [0.5, 0.6) is 5.75 Å². The van der Waals surface area contributed by atoms with E-state index in [-0.39, 0.29) is 16.9 Å². The van der Waals surface area contributed by atoms with Crippen LogP contribution in [-0.4, -0.2) is 18.1 Å². The zero-order chi connectivity index (χ0) is 13.9. The molecular weight excluding hydrogens is 247 g/mol. The monoisotopic (exact) mass is 266 g/mol. The van der Waals surface area contributed by atoms with Gasteiger partial charge in [0.25, 0.3) is 0 Å². The molecule has 1 amide bonds. The van der Waals surface area contributed by atoms with E-state index in [0.717, 1.165) is 31.7 Å². The standard InChI is InChI=1S/C14H19FN2O2/c15-11-8-10(13(16)18)4-5-12(11)19-9-14(17)6-2-1-3-7-14/h4-5,8H,1-3,6-7,9,17H2,(H2,16,18). The van der Waals surface area contributed by atoms with E-state index in [2.05, 4.69) is 0 Å². The number of amides is 1. The van der Waals surface area contributed by atoms with Crippen LogP contribution in [0.3, 0.4) is 0 Å².